The zero-order valence-electron chi connectivity index (χ0n) is 10.2. The summed E-state index contributed by atoms with van der Waals surface area (Å²) in [5.41, 5.74) is 0.860. The van der Waals surface area contributed by atoms with Crippen LogP contribution in [0.2, 0.25) is 0 Å². The minimum atomic E-state index is -3.67. The van der Waals surface area contributed by atoms with Crippen LogP contribution in [0.5, 0.6) is 0 Å². The lowest BCUT2D eigenvalue weighted by Crippen LogP contribution is -2.31. The largest absolute Gasteiger partial charge is 0.481 e. The van der Waals surface area contributed by atoms with Gasteiger partial charge in [-0.25, -0.2) is 8.42 Å². The number of carbonyl (C=O) groups is 2. The van der Waals surface area contributed by atoms with Crippen molar-refractivity contribution >= 4 is 21.7 Å². The van der Waals surface area contributed by atoms with Crippen LogP contribution < -0.4 is 5.32 Å². The Morgan fingerprint density at radius 3 is 2.37 bits per heavy atom. The predicted octanol–water partition coefficient (Wildman–Crippen LogP) is 0.192. The first-order chi connectivity index (χ1) is 8.89. The van der Waals surface area contributed by atoms with Crippen molar-refractivity contribution in [2.45, 2.75) is 13.0 Å². The summed E-state index contributed by atoms with van der Waals surface area (Å²) in [6.45, 7) is 0.244. The Morgan fingerprint density at radius 2 is 1.79 bits per heavy atom. The van der Waals surface area contributed by atoms with Crippen molar-refractivity contribution in [1.29, 1.82) is 0 Å². The molecule has 2 N–H and O–H groups in total. The Labute approximate surface area is 111 Å². The molecule has 1 amide bonds. The molecule has 0 unspecified atom stereocenters. The van der Waals surface area contributed by atoms with Crippen molar-refractivity contribution in [3.8, 4) is 0 Å². The van der Waals surface area contributed by atoms with Gasteiger partial charge in [0, 0.05) is 6.54 Å². The quantitative estimate of drug-likeness (QED) is 0.745. The number of amides is 1. The first-order valence-corrected chi connectivity index (χ1v) is 7.44. The monoisotopic (exact) mass is 285 g/mol. The van der Waals surface area contributed by atoms with E-state index in [4.69, 9.17) is 5.11 Å². The molecule has 0 bridgehead atoms. The normalized spacial score (nSPS) is 10.9. The third kappa shape index (κ3) is 6.56. The van der Waals surface area contributed by atoms with Gasteiger partial charge in [-0.2, -0.15) is 0 Å². The van der Waals surface area contributed by atoms with E-state index >= 15 is 0 Å². The average molecular weight is 285 g/mol. The van der Waals surface area contributed by atoms with Crippen molar-refractivity contribution in [1.82, 2.24) is 5.32 Å². The highest BCUT2D eigenvalue weighted by Crippen LogP contribution is 1.98. The molecule has 0 radical (unpaired) electrons. The van der Waals surface area contributed by atoms with Gasteiger partial charge in [-0.1, -0.05) is 30.3 Å². The van der Waals surface area contributed by atoms with Gasteiger partial charge in [0.2, 0.25) is 5.91 Å². The maximum absolute atomic E-state index is 11.4. The van der Waals surface area contributed by atoms with Gasteiger partial charge in [0.05, 0.1) is 12.2 Å². The second kappa shape index (κ2) is 6.89. The maximum atomic E-state index is 11.4. The Kier molecular flexibility index (Phi) is 5.50. The summed E-state index contributed by atoms with van der Waals surface area (Å²) in [6, 6.07) is 9.07. The van der Waals surface area contributed by atoms with Crippen LogP contribution in [-0.2, 0) is 26.0 Å². The minimum absolute atomic E-state index is 0.244. The van der Waals surface area contributed by atoms with Gasteiger partial charge in [-0.15, -0.1) is 0 Å². The van der Waals surface area contributed by atoms with E-state index in [1.807, 2.05) is 18.2 Å². The topological polar surface area (TPSA) is 101 Å². The maximum Gasteiger partial charge on any atom is 0.304 e. The lowest BCUT2D eigenvalue weighted by atomic mass is 10.2. The minimum Gasteiger partial charge on any atom is -0.481 e. The summed E-state index contributed by atoms with van der Waals surface area (Å²) >= 11 is 0. The van der Waals surface area contributed by atoms with Gasteiger partial charge in [-0.3, -0.25) is 9.59 Å². The number of carbonyl (C=O) groups excluding carboxylic acids is 1. The average Bonchev–Trinajstić information content (AvgIpc) is 2.35. The second-order valence-corrected chi connectivity index (χ2v) is 6.18. The fourth-order valence-corrected chi connectivity index (χ4v) is 2.49. The molecule has 0 atom stereocenters. The van der Waals surface area contributed by atoms with Crippen LogP contribution >= 0.6 is 0 Å². The molecule has 0 aliphatic carbocycles. The van der Waals surface area contributed by atoms with E-state index in [9.17, 15) is 18.0 Å². The standard InChI is InChI=1S/C12H15NO5S/c14-11(9-19(17,18)7-6-12(15)16)13-8-10-4-2-1-3-5-10/h1-5H,6-9H2,(H,13,14)(H,15,16). The molecule has 19 heavy (non-hydrogen) atoms. The van der Waals surface area contributed by atoms with E-state index in [2.05, 4.69) is 5.32 Å². The summed E-state index contributed by atoms with van der Waals surface area (Å²) in [5, 5.41) is 10.9. The van der Waals surface area contributed by atoms with Crippen molar-refractivity contribution < 1.29 is 23.1 Å². The van der Waals surface area contributed by atoms with Gasteiger partial charge in [0.15, 0.2) is 9.84 Å². The number of rotatable bonds is 7. The first-order valence-electron chi connectivity index (χ1n) is 5.62. The first kappa shape index (κ1) is 15.2. The zero-order chi connectivity index (χ0) is 14.3. The van der Waals surface area contributed by atoms with Crippen molar-refractivity contribution in [2.24, 2.45) is 0 Å². The van der Waals surface area contributed by atoms with Crippen LogP contribution in [-0.4, -0.2) is 36.9 Å². The third-order valence-electron chi connectivity index (χ3n) is 2.31. The molecular weight excluding hydrogens is 270 g/mol. The van der Waals surface area contributed by atoms with E-state index in [1.165, 1.54) is 0 Å². The van der Waals surface area contributed by atoms with Gasteiger partial charge < -0.3 is 10.4 Å². The SMILES string of the molecule is O=C(O)CCS(=O)(=O)CC(=O)NCc1ccccc1. The van der Waals surface area contributed by atoms with E-state index in [0.717, 1.165) is 5.56 Å². The van der Waals surface area contributed by atoms with Crippen molar-refractivity contribution in [2.75, 3.05) is 11.5 Å². The van der Waals surface area contributed by atoms with E-state index in [1.54, 1.807) is 12.1 Å². The second-order valence-electron chi connectivity index (χ2n) is 4.00. The molecule has 104 valence electrons. The van der Waals surface area contributed by atoms with Crippen LogP contribution in [0.1, 0.15) is 12.0 Å². The van der Waals surface area contributed by atoms with Crippen LogP contribution in [0.4, 0.5) is 0 Å². The van der Waals surface area contributed by atoms with E-state index in [0.29, 0.717) is 0 Å². The summed E-state index contributed by atoms with van der Waals surface area (Å²) in [7, 11) is -3.67. The van der Waals surface area contributed by atoms with Gasteiger partial charge >= 0.3 is 5.97 Å². The van der Waals surface area contributed by atoms with Crippen LogP contribution in [0, 0.1) is 0 Å². The van der Waals surface area contributed by atoms with E-state index < -0.39 is 39.6 Å². The molecule has 0 saturated carbocycles. The molecule has 0 aliphatic rings. The molecule has 0 spiro atoms. The van der Waals surface area contributed by atoms with Gasteiger partial charge in [-0.05, 0) is 5.56 Å². The number of benzene rings is 1. The molecule has 1 rings (SSSR count). The molecule has 7 heteroatoms. The number of hydrogen-bond donors (Lipinski definition) is 2. The number of carboxylic acid groups (broad SMARTS) is 1. The Hall–Kier alpha value is -1.89. The molecule has 0 saturated heterocycles. The lowest BCUT2D eigenvalue weighted by Gasteiger charge is -2.05. The molecule has 6 nitrogen and oxygen atoms in total. The predicted molar refractivity (Wildman–Crippen MR) is 69.2 cm³/mol. The Morgan fingerprint density at radius 1 is 1.16 bits per heavy atom. The van der Waals surface area contributed by atoms with Crippen LogP contribution in [0.15, 0.2) is 30.3 Å². The molecular formula is C12H15NO5S. The van der Waals surface area contributed by atoms with Crippen molar-refractivity contribution in [3.05, 3.63) is 35.9 Å². The number of sulfone groups is 1. The van der Waals surface area contributed by atoms with Crippen LogP contribution in [0.25, 0.3) is 0 Å². The summed E-state index contributed by atoms with van der Waals surface area (Å²) in [6.07, 6.45) is -0.492. The van der Waals surface area contributed by atoms with Gasteiger partial charge in [0.1, 0.15) is 5.75 Å². The molecule has 0 fully saturated rings. The Bertz CT molecular complexity index is 538. The number of nitrogens with one attached hydrogen (secondary N) is 1. The number of hydrogen-bond acceptors (Lipinski definition) is 4. The summed E-state index contributed by atoms with van der Waals surface area (Å²) in [5.74, 6) is -3.05. The fraction of sp³-hybridized carbons (Fsp3) is 0.333. The van der Waals surface area contributed by atoms with Gasteiger partial charge in [0.25, 0.3) is 0 Å². The van der Waals surface area contributed by atoms with Crippen LogP contribution in [0.3, 0.4) is 0 Å². The van der Waals surface area contributed by atoms with Crippen molar-refractivity contribution in [3.63, 3.8) is 0 Å². The highest BCUT2D eigenvalue weighted by atomic mass is 32.2. The molecule has 1 aromatic carbocycles. The number of carboxylic acids is 1. The molecule has 0 aromatic heterocycles. The number of aliphatic carboxylic acids is 1. The summed E-state index contributed by atoms with van der Waals surface area (Å²) in [4.78, 5) is 21.7. The summed E-state index contributed by atoms with van der Waals surface area (Å²) < 4.78 is 22.9. The van der Waals surface area contributed by atoms with E-state index in [-0.39, 0.29) is 6.54 Å². The molecule has 0 heterocycles. The molecule has 1 aromatic rings. The molecule has 0 aliphatic heterocycles. The highest BCUT2D eigenvalue weighted by Gasteiger charge is 2.17. The smallest absolute Gasteiger partial charge is 0.304 e. The fourth-order valence-electron chi connectivity index (χ4n) is 1.36. The zero-order valence-corrected chi connectivity index (χ0v) is 11.0. The lowest BCUT2D eigenvalue weighted by molar-refractivity contribution is -0.136. The highest BCUT2D eigenvalue weighted by molar-refractivity contribution is 7.92. The Balaban J connectivity index is 2.40. The third-order valence-corrected chi connectivity index (χ3v) is 3.84.